The third-order valence-electron chi connectivity index (χ3n) is 3.44. The molecule has 0 atom stereocenters. The van der Waals surface area contributed by atoms with Crippen molar-refractivity contribution < 1.29 is 14.5 Å². The van der Waals surface area contributed by atoms with Crippen LogP contribution >= 0.6 is 0 Å². The number of nitro benzene ring substituents is 1. The summed E-state index contributed by atoms with van der Waals surface area (Å²) in [4.78, 5) is 34.9. The Kier molecular flexibility index (Phi) is 5.96. The number of aryl methyl sites for hydroxylation is 1. The van der Waals surface area contributed by atoms with E-state index in [0.29, 0.717) is 25.3 Å². The fourth-order valence-corrected chi connectivity index (χ4v) is 2.25. The van der Waals surface area contributed by atoms with Gasteiger partial charge in [-0.15, -0.1) is 0 Å². The lowest BCUT2D eigenvalue weighted by Gasteiger charge is -2.11. The number of nitrogens with one attached hydrogen (secondary N) is 1. The summed E-state index contributed by atoms with van der Waals surface area (Å²) >= 11 is 0. The van der Waals surface area contributed by atoms with E-state index in [9.17, 15) is 19.7 Å². The van der Waals surface area contributed by atoms with Gasteiger partial charge in [0.25, 0.3) is 11.6 Å². The van der Waals surface area contributed by atoms with Crippen molar-refractivity contribution in [3.8, 4) is 5.69 Å². The van der Waals surface area contributed by atoms with E-state index in [1.54, 1.807) is 20.1 Å². The second-order valence-corrected chi connectivity index (χ2v) is 5.26. The van der Waals surface area contributed by atoms with Crippen LogP contribution in [0.5, 0.6) is 0 Å². The van der Waals surface area contributed by atoms with E-state index in [1.807, 2.05) is 0 Å². The smallest absolute Gasteiger partial charge is 0.294 e. The number of amides is 1. The maximum absolute atomic E-state index is 12.2. The molecule has 2 aromatic rings. The van der Waals surface area contributed by atoms with Crippen LogP contribution in [0, 0.1) is 17.0 Å². The van der Waals surface area contributed by atoms with E-state index in [2.05, 4.69) is 10.4 Å². The number of nitro groups is 1. The van der Waals surface area contributed by atoms with Crippen LogP contribution in [-0.4, -0.2) is 40.9 Å². The highest BCUT2D eigenvalue weighted by atomic mass is 16.6. The number of ether oxygens (including phenoxy) is 1. The molecule has 2 rings (SSSR count). The van der Waals surface area contributed by atoms with Gasteiger partial charge >= 0.3 is 0 Å². The van der Waals surface area contributed by atoms with Gasteiger partial charge in [-0.05, 0) is 19.4 Å². The second-order valence-electron chi connectivity index (χ2n) is 5.26. The molecule has 0 aliphatic carbocycles. The van der Waals surface area contributed by atoms with Gasteiger partial charge in [-0.1, -0.05) is 12.1 Å². The van der Waals surface area contributed by atoms with Crippen LogP contribution in [0.2, 0.25) is 0 Å². The van der Waals surface area contributed by atoms with Crippen molar-refractivity contribution >= 4 is 11.6 Å². The molecule has 1 N–H and O–H groups in total. The fourth-order valence-electron chi connectivity index (χ4n) is 2.25. The lowest BCUT2D eigenvalue weighted by molar-refractivity contribution is -0.384. The van der Waals surface area contributed by atoms with Gasteiger partial charge in [0.05, 0.1) is 4.92 Å². The summed E-state index contributed by atoms with van der Waals surface area (Å²) in [6.45, 7) is 2.39. The number of hydrogen-bond acceptors (Lipinski definition) is 6. The predicted octanol–water partition coefficient (Wildman–Crippen LogP) is 1.22. The quantitative estimate of drug-likeness (QED) is 0.458. The molecule has 0 saturated carbocycles. The van der Waals surface area contributed by atoms with Crippen molar-refractivity contribution in [2.75, 3.05) is 20.3 Å². The molecule has 1 heterocycles. The Morgan fingerprint density at radius 1 is 1.40 bits per heavy atom. The van der Waals surface area contributed by atoms with Gasteiger partial charge in [0.1, 0.15) is 5.69 Å². The van der Waals surface area contributed by atoms with Crippen LogP contribution in [0.3, 0.4) is 0 Å². The number of hydrogen-bond donors (Lipinski definition) is 1. The van der Waals surface area contributed by atoms with Gasteiger partial charge < -0.3 is 10.1 Å². The monoisotopic (exact) mass is 346 g/mol. The van der Waals surface area contributed by atoms with Crippen LogP contribution in [0.15, 0.2) is 35.1 Å². The minimum Gasteiger partial charge on any atom is -0.385 e. The molecule has 132 valence electrons. The van der Waals surface area contributed by atoms with Crippen LogP contribution in [-0.2, 0) is 4.74 Å². The normalized spacial score (nSPS) is 10.5. The highest BCUT2D eigenvalue weighted by molar-refractivity contribution is 5.92. The molecule has 1 aromatic carbocycles. The van der Waals surface area contributed by atoms with Crippen LogP contribution < -0.4 is 10.7 Å². The molecular weight excluding hydrogens is 328 g/mol. The van der Waals surface area contributed by atoms with Crippen LogP contribution in [0.1, 0.15) is 22.6 Å². The second kappa shape index (κ2) is 8.15. The topological polar surface area (TPSA) is 116 Å². The zero-order chi connectivity index (χ0) is 18.4. The van der Waals surface area contributed by atoms with Gasteiger partial charge in [-0.25, -0.2) is 4.68 Å². The Morgan fingerprint density at radius 3 is 2.80 bits per heavy atom. The standard InChI is InChI=1S/C16H18N4O5/c1-11-10-14(21)15(16(22)17-8-5-9-25-2)18-19(11)12-6-3-4-7-13(12)20(23)24/h3-4,6-7,10H,5,8-9H2,1-2H3,(H,17,22). The molecule has 0 aliphatic rings. The maximum Gasteiger partial charge on any atom is 0.294 e. The number of carbonyl (C=O) groups is 1. The average Bonchev–Trinajstić information content (AvgIpc) is 2.58. The van der Waals surface area contributed by atoms with E-state index in [1.165, 1.54) is 28.9 Å². The first kappa shape index (κ1) is 18.3. The number of carbonyl (C=O) groups excluding carboxylic acids is 1. The van der Waals surface area contributed by atoms with E-state index < -0.39 is 16.3 Å². The average molecular weight is 346 g/mol. The molecule has 0 saturated heterocycles. The maximum atomic E-state index is 12.2. The fraction of sp³-hybridized carbons (Fsp3) is 0.312. The number of methoxy groups -OCH3 is 1. The van der Waals surface area contributed by atoms with E-state index in [4.69, 9.17) is 4.74 Å². The molecule has 0 aliphatic heterocycles. The Morgan fingerprint density at radius 2 is 2.12 bits per heavy atom. The highest BCUT2D eigenvalue weighted by Gasteiger charge is 2.19. The van der Waals surface area contributed by atoms with Gasteiger partial charge in [0.15, 0.2) is 5.69 Å². The number of para-hydroxylation sites is 2. The molecule has 1 aromatic heterocycles. The van der Waals surface area contributed by atoms with Crippen molar-refractivity contribution in [1.82, 2.24) is 15.1 Å². The molecule has 25 heavy (non-hydrogen) atoms. The van der Waals surface area contributed by atoms with E-state index in [0.717, 1.165) is 0 Å². The minimum absolute atomic E-state index is 0.173. The Labute approximate surface area is 143 Å². The van der Waals surface area contributed by atoms with Crippen molar-refractivity contribution in [2.45, 2.75) is 13.3 Å². The summed E-state index contributed by atoms with van der Waals surface area (Å²) in [5, 5.41) is 17.8. The molecule has 0 bridgehead atoms. The van der Waals surface area contributed by atoms with Gasteiger partial charge in [0, 0.05) is 38.1 Å². The lowest BCUT2D eigenvalue weighted by atomic mass is 10.2. The zero-order valence-corrected chi connectivity index (χ0v) is 13.9. The van der Waals surface area contributed by atoms with Crippen LogP contribution in [0.25, 0.3) is 5.69 Å². The molecule has 0 spiro atoms. The summed E-state index contributed by atoms with van der Waals surface area (Å²) in [5.41, 5.74) is -0.473. The van der Waals surface area contributed by atoms with E-state index >= 15 is 0 Å². The number of nitrogens with zero attached hydrogens (tertiary/aromatic N) is 3. The Hall–Kier alpha value is -3.07. The third kappa shape index (κ3) is 4.27. The summed E-state index contributed by atoms with van der Waals surface area (Å²) < 4.78 is 6.11. The zero-order valence-electron chi connectivity index (χ0n) is 13.9. The van der Waals surface area contributed by atoms with Crippen molar-refractivity contribution in [1.29, 1.82) is 0 Å². The minimum atomic E-state index is -0.631. The van der Waals surface area contributed by atoms with Gasteiger partial charge in [-0.3, -0.25) is 19.7 Å². The molecule has 0 radical (unpaired) electrons. The summed E-state index contributed by atoms with van der Waals surface area (Å²) in [6.07, 6.45) is 0.590. The van der Waals surface area contributed by atoms with Crippen molar-refractivity contribution in [3.05, 3.63) is 62.1 Å². The first-order chi connectivity index (χ1) is 12.0. The molecule has 0 fully saturated rings. The van der Waals surface area contributed by atoms with Crippen molar-refractivity contribution in [3.63, 3.8) is 0 Å². The molecule has 9 heteroatoms. The van der Waals surface area contributed by atoms with Gasteiger partial charge in [-0.2, -0.15) is 5.10 Å². The SMILES string of the molecule is COCCCNC(=O)c1nn(-c2ccccc2[N+](=O)[O-])c(C)cc1=O. The molecule has 9 nitrogen and oxygen atoms in total. The summed E-state index contributed by atoms with van der Waals surface area (Å²) in [6, 6.07) is 7.21. The third-order valence-corrected chi connectivity index (χ3v) is 3.44. The molecular formula is C16H18N4O5. The molecule has 0 unspecified atom stereocenters. The first-order valence-corrected chi connectivity index (χ1v) is 7.57. The van der Waals surface area contributed by atoms with Crippen molar-refractivity contribution in [2.24, 2.45) is 0 Å². The number of benzene rings is 1. The van der Waals surface area contributed by atoms with E-state index in [-0.39, 0.29) is 17.1 Å². The summed E-state index contributed by atoms with van der Waals surface area (Å²) in [5.74, 6) is -0.631. The predicted molar refractivity (Wildman–Crippen MR) is 90.1 cm³/mol. The Bertz CT molecular complexity index is 847. The number of rotatable bonds is 7. The van der Waals surface area contributed by atoms with Gasteiger partial charge in [0.2, 0.25) is 5.43 Å². The number of aromatic nitrogens is 2. The Balaban J connectivity index is 2.40. The highest BCUT2D eigenvalue weighted by Crippen LogP contribution is 2.22. The first-order valence-electron chi connectivity index (χ1n) is 7.57. The molecule has 1 amide bonds. The largest absolute Gasteiger partial charge is 0.385 e. The summed E-state index contributed by atoms with van der Waals surface area (Å²) in [7, 11) is 1.55. The lowest BCUT2D eigenvalue weighted by Crippen LogP contribution is -2.33. The van der Waals surface area contributed by atoms with Crippen LogP contribution in [0.4, 0.5) is 5.69 Å².